The zero-order chi connectivity index (χ0) is 19.6. The Kier molecular flexibility index (Phi) is 5.67. The molecule has 0 aromatic heterocycles. The number of carbonyl (C=O) groups is 2. The van der Waals surface area contributed by atoms with E-state index in [2.05, 4.69) is 4.72 Å². The highest BCUT2D eigenvalue weighted by molar-refractivity contribution is 8.15. The minimum Gasteiger partial charge on any atom is -0.445 e. The molecule has 10 nitrogen and oxygen atoms in total. The number of likely N-dealkylation sites (tertiary alicyclic amines) is 1. The van der Waals surface area contributed by atoms with E-state index in [1.54, 1.807) is 0 Å². The first-order valence-electron chi connectivity index (χ1n) is 8.07. The fourth-order valence-electron chi connectivity index (χ4n) is 2.97. The van der Waals surface area contributed by atoms with Crippen molar-refractivity contribution in [2.45, 2.75) is 24.3 Å². The molecule has 2 aliphatic rings. The molecule has 2 heterocycles. The summed E-state index contributed by atoms with van der Waals surface area (Å²) in [5.74, 6) is -0.564. The first-order valence-corrected chi connectivity index (χ1v) is 10.6. The number of nitrogens with one attached hydrogen (secondary N) is 1. The minimum atomic E-state index is -3.71. The Hall–Kier alpha value is -2.18. The van der Waals surface area contributed by atoms with Crippen molar-refractivity contribution in [2.24, 2.45) is 0 Å². The van der Waals surface area contributed by atoms with E-state index in [-0.39, 0.29) is 24.1 Å². The van der Waals surface area contributed by atoms with Crippen LogP contribution in [0.5, 0.6) is 0 Å². The lowest BCUT2D eigenvalue weighted by Gasteiger charge is -2.24. The van der Waals surface area contributed by atoms with Gasteiger partial charge in [0.15, 0.2) is 0 Å². The summed E-state index contributed by atoms with van der Waals surface area (Å²) in [5, 5.41) is 10.0. The van der Waals surface area contributed by atoms with E-state index in [4.69, 9.17) is 4.74 Å². The minimum absolute atomic E-state index is 0.0271. The molecule has 0 radical (unpaired) electrons. The monoisotopic (exact) mass is 415 g/mol. The Bertz CT molecular complexity index is 857. The molecule has 1 aromatic carbocycles. The Morgan fingerprint density at radius 3 is 2.74 bits per heavy atom. The molecular weight excluding hydrogens is 398 g/mol. The number of nitro groups is 1. The molecule has 27 heavy (non-hydrogen) atoms. The van der Waals surface area contributed by atoms with Gasteiger partial charge in [-0.1, -0.05) is 11.8 Å². The average Bonchev–Trinajstić information content (AvgIpc) is 3.01. The number of non-ortho nitro benzene ring substituents is 1. The smallest absolute Gasteiger partial charge is 0.410 e. The third-order valence-corrected chi connectivity index (χ3v) is 6.78. The zero-order valence-corrected chi connectivity index (χ0v) is 15.7. The quantitative estimate of drug-likeness (QED) is 0.567. The molecule has 0 spiro atoms. The normalized spacial score (nSPS) is 24.6. The molecule has 2 aliphatic heterocycles. The Morgan fingerprint density at radius 2 is 2.07 bits per heavy atom. The maximum Gasteiger partial charge on any atom is 0.410 e. The number of fused-ring (bicyclic) bond motifs is 2. The van der Waals surface area contributed by atoms with Crippen molar-refractivity contribution in [3.05, 3.63) is 39.9 Å². The predicted molar refractivity (Wildman–Crippen MR) is 96.6 cm³/mol. The number of amides is 1. The van der Waals surface area contributed by atoms with Gasteiger partial charge in [-0.15, -0.1) is 0 Å². The zero-order valence-electron chi connectivity index (χ0n) is 14.1. The van der Waals surface area contributed by atoms with Gasteiger partial charge in [-0.3, -0.25) is 14.9 Å². The first-order chi connectivity index (χ1) is 12.7. The molecule has 0 saturated carbocycles. The number of nitro benzene ring substituents is 1. The molecule has 146 valence electrons. The van der Waals surface area contributed by atoms with Crippen LogP contribution in [-0.2, 0) is 26.2 Å². The van der Waals surface area contributed by atoms with Gasteiger partial charge in [0.2, 0.25) is 15.1 Å². The fraction of sp³-hybridized carbons (Fsp3) is 0.467. The molecule has 2 fully saturated rings. The van der Waals surface area contributed by atoms with Crippen LogP contribution in [0.4, 0.5) is 10.5 Å². The second kappa shape index (κ2) is 7.82. The maximum absolute atomic E-state index is 12.4. The fourth-order valence-corrected chi connectivity index (χ4v) is 5.49. The van der Waals surface area contributed by atoms with Crippen molar-refractivity contribution in [3.8, 4) is 0 Å². The second-order valence-corrected chi connectivity index (χ2v) is 9.40. The molecule has 2 saturated heterocycles. The highest BCUT2D eigenvalue weighted by atomic mass is 32.2. The maximum atomic E-state index is 12.4. The van der Waals surface area contributed by atoms with Crippen molar-refractivity contribution in [1.29, 1.82) is 0 Å². The number of sulfonamides is 1. The summed E-state index contributed by atoms with van der Waals surface area (Å²) in [7, 11) is -3.71. The van der Waals surface area contributed by atoms with Crippen LogP contribution in [0.3, 0.4) is 0 Å². The predicted octanol–water partition coefficient (Wildman–Crippen LogP) is 0.867. The Balaban J connectivity index is 1.62. The van der Waals surface area contributed by atoms with E-state index in [9.17, 15) is 28.1 Å². The lowest BCUT2D eigenvalue weighted by atomic mass is 10.2. The third-order valence-electron chi connectivity index (χ3n) is 4.26. The van der Waals surface area contributed by atoms with Crippen LogP contribution >= 0.6 is 11.8 Å². The average molecular weight is 415 g/mol. The van der Waals surface area contributed by atoms with Crippen LogP contribution in [0.25, 0.3) is 0 Å². The van der Waals surface area contributed by atoms with Gasteiger partial charge in [0.1, 0.15) is 12.4 Å². The molecule has 3 rings (SSSR count). The number of nitrogens with zero attached hydrogens (tertiary/aromatic N) is 2. The number of hydrogen-bond donors (Lipinski definition) is 1. The van der Waals surface area contributed by atoms with E-state index in [0.717, 1.165) is 11.8 Å². The van der Waals surface area contributed by atoms with Crippen molar-refractivity contribution < 1.29 is 27.7 Å². The summed E-state index contributed by atoms with van der Waals surface area (Å²) in [6.07, 6.45) is -0.125. The number of rotatable bonds is 3. The van der Waals surface area contributed by atoms with Gasteiger partial charge in [0.25, 0.3) is 5.69 Å². The highest BCUT2D eigenvalue weighted by Gasteiger charge is 2.39. The van der Waals surface area contributed by atoms with Gasteiger partial charge < -0.3 is 9.64 Å². The Labute approximate surface area is 159 Å². The van der Waals surface area contributed by atoms with E-state index in [1.165, 1.54) is 29.2 Å². The SMILES string of the molecule is O=C1CS(=O)(=O)NC[C@@H]2C[C@@H](CN2C(=O)OCc2ccc([N+](=O)[O-])cc2)S1. The van der Waals surface area contributed by atoms with Crippen LogP contribution in [-0.4, -0.2) is 59.6 Å². The van der Waals surface area contributed by atoms with Gasteiger partial charge in [-0.05, 0) is 24.1 Å². The standard InChI is InChI=1S/C15H17N3O7S2/c19-14-9-27(23,24)16-6-12-5-13(26-14)7-17(12)15(20)25-8-10-1-3-11(4-2-10)18(21)22/h1-4,12-13,16H,5-9H2/t12-,13-/m0/s1. The topological polar surface area (TPSA) is 136 Å². The molecule has 2 bridgehead atoms. The lowest BCUT2D eigenvalue weighted by molar-refractivity contribution is -0.384. The van der Waals surface area contributed by atoms with E-state index in [1.807, 2.05) is 0 Å². The van der Waals surface area contributed by atoms with Crippen LogP contribution in [0.2, 0.25) is 0 Å². The molecule has 0 aliphatic carbocycles. The van der Waals surface area contributed by atoms with Gasteiger partial charge >= 0.3 is 6.09 Å². The second-order valence-electron chi connectivity index (χ2n) is 6.24. The molecule has 12 heteroatoms. The molecule has 2 atom stereocenters. The van der Waals surface area contributed by atoms with Crippen LogP contribution in [0, 0.1) is 10.1 Å². The number of benzene rings is 1. The van der Waals surface area contributed by atoms with Crippen LogP contribution in [0.15, 0.2) is 24.3 Å². The van der Waals surface area contributed by atoms with E-state index in [0.29, 0.717) is 18.5 Å². The van der Waals surface area contributed by atoms with E-state index >= 15 is 0 Å². The number of hydrogen-bond acceptors (Lipinski definition) is 8. The summed E-state index contributed by atoms with van der Waals surface area (Å²) < 4.78 is 31.2. The lowest BCUT2D eigenvalue weighted by Crippen LogP contribution is -2.44. The van der Waals surface area contributed by atoms with Crippen molar-refractivity contribution in [1.82, 2.24) is 9.62 Å². The summed E-state index contributed by atoms with van der Waals surface area (Å²) in [4.78, 5) is 35.8. The third kappa shape index (κ3) is 4.96. The van der Waals surface area contributed by atoms with Crippen LogP contribution < -0.4 is 4.72 Å². The summed E-state index contributed by atoms with van der Waals surface area (Å²) >= 11 is 0.946. The van der Waals surface area contributed by atoms with Crippen molar-refractivity contribution >= 4 is 38.7 Å². The molecule has 1 aromatic rings. The van der Waals surface area contributed by atoms with Gasteiger partial charge in [-0.2, -0.15) is 0 Å². The van der Waals surface area contributed by atoms with Crippen molar-refractivity contribution in [2.75, 3.05) is 18.8 Å². The number of ether oxygens (including phenoxy) is 1. The largest absolute Gasteiger partial charge is 0.445 e. The molecule has 0 unspecified atom stereocenters. The Morgan fingerprint density at radius 1 is 1.37 bits per heavy atom. The van der Waals surface area contributed by atoms with Crippen molar-refractivity contribution in [3.63, 3.8) is 0 Å². The number of carbonyl (C=O) groups excluding carboxylic acids is 2. The van der Waals surface area contributed by atoms with Crippen LogP contribution in [0.1, 0.15) is 12.0 Å². The number of thioether (sulfide) groups is 1. The summed E-state index contributed by atoms with van der Waals surface area (Å²) in [5.41, 5.74) is 0.531. The summed E-state index contributed by atoms with van der Waals surface area (Å²) in [6, 6.07) is 5.24. The molecule has 1 amide bonds. The van der Waals surface area contributed by atoms with Gasteiger partial charge in [0.05, 0.1) is 4.92 Å². The van der Waals surface area contributed by atoms with E-state index < -0.39 is 37.9 Å². The van der Waals surface area contributed by atoms with Gasteiger partial charge in [0, 0.05) is 36.5 Å². The molecular formula is C15H17N3O7S2. The highest BCUT2D eigenvalue weighted by Crippen LogP contribution is 2.30. The molecule has 1 N–H and O–H groups in total. The first kappa shape index (κ1) is 19.6. The summed E-state index contributed by atoms with van der Waals surface area (Å²) in [6.45, 7) is 0.254. The van der Waals surface area contributed by atoms with Gasteiger partial charge in [-0.25, -0.2) is 17.9 Å².